The Hall–Kier alpha value is -1.61. The molecule has 19 heavy (non-hydrogen) atoms. The number of Topliss-reactive ketones (excluding diaryl/α,β-unsaturated/α-hetero) is 1. The monoisotopic (exact) mass is 318 g/mol. The maximum Gasteiger partial charge on any atom is 0.159 e. The summed E-state index contributed by atoms with van der Waals surface area (Å²) in [5, 5.41) is 0. The zero-order valence-corrected chi connectivity index (χ0v) is 12.7. The van der Waals surface area contributed by atoms with Gasteiger partial charge in [-0.3, -0.25) is 4.79 Å². The summed E-state index contributed by atoms with van der Waals surface area (Å²) in [6.45, 7) is 5.58. The predicted molar refractivity (Wildman–Crippen MR) is 80.1 cm³/mol. The van der Waals surface area contributed by atoms with E-state index in [4.69, 9.17) is 4.74 Å². The second kappa shape index (κ2) is 5.57. The van der Waals surface area contributed by atoms with Crippen LogP contribution >= 0.6 is 15.9 Å². The summed E-state index contributed by atoms with van der Waals surface area (Å²) in [7, 11) is 0. The standard InChI is InChI=1S/C16H15BrO2/c1-10-4-5-11(2)16(8-10)19-15-7-6-13(12(3)18)9-14(15)17/h4-9H,1-3H3. The number of hydrogen-bond acceptors (Lipinski definition) is 2. The van der Waals surface area contributed by atoms with Crippen LogP contribution in [0, 0.1) is 13.8 Å². The third-order valence-corrected chi connectivity index (χ3v) is 3.52. The molecule has 0 aliphatic heterocycles. The molecule has 0 unspecified atom stereocenters. The molecule has 0 fully saturated rings. The number of ketones is 1. The molecule has 0 aliphatic rings. The SMILES string of the molecule is CC(=O)c1ccc(Oc2cc(C)ccc2C)c(Br)c1. The Balaban J connectivity index is 2.33. The van der Waals surface area contributed by atoms with E-state index in [1.54, 1.807) is 19.1 Å². The van der Waals surface area contributed by atoms with Crippen LogP contribution in [0.3, 0.4) is 0 Å². The van der Waals surface area contributed by atoms with E-state index in [1.165, 1.54) is 0 Å². The predicted octanol–water partition coefficient (Wildman–Crippen LogP) is 5.06. The van der Waals surface area contributed by atoms with Crippen LogP contribution in [0.15, 0.2) is 40.9 Å². The first kappa shape index (κ1) is 13.8. The van der Waals surface area contributed by atoms with E-state index in [0.29, 0.717) is 11.3 Å². The van der Waals surface area contributed by atoms with Crippen LogP contribution in [0.1, 0.15) is 28.4 Å². The van der Waals surface area contributed by atoms with Gasteiger partial charge < -0.3 is 4.74 Å². The molecule has 0 heterocycles. The highest BCUT2D eigenvalue weighted by atomic mass is 79.9. The van der Waals surface area contributed by atoms with Crippen molar-refractivity contribution < 1.29 is 9.53 Å². The molecule has 0 bridgehead atoms. The summed E-state index contributed by atoms with van der Waals surface area (Å²) in [6, 6.07) is 11.4. The van der Waals surface area contributed by atoms with Crippen LogP contribution in [-0.4, -0.2) is 5.78 Å². The fraction of sp³-hybridized carbons (Fsp3) is 0.188. The van der Waals surface area contributed by atoms with E-state index < -0.39 is 0 Å². The highest BCUT2D eigenvalue weighted by molar-refractivity contribution is 9.10. The van der Waals surface area contributed by atoms with Crippen molar-refractivity contribution in [1.82, 2.24) is 0 Å². The van der Waals surface area contributed by atoms with Gasteiger partial charge in [-0.05, 0) is 72.1 Å². The highest BCUT2D eigenvalue weighted by Gasteiger charge is 2.08. The fourth-order valence-electron chi connectivity index (χ4n) is 1.74. The third-order valence-electron chi connectivity index (χ3n) is 2.90. The van der Waals surface area contributed by atoms with Crippen molar-refractivity contribution in [3.8, 4) is 11.5 Å². The van der Waals surface area contributed by atoms with Crippen molar-refractivity contribution in [3.05, 3.63) is 57.6 Å². The summed E-state index contributed by atoms with van der Waals surface area (Å²) in [5.41, 5.74) is 2.89. The minimum absolute atomic E-state index is 0.0407. The molecule has 98 valence electrons. The minimum atomic E-state index is 0.0407. The second-order valence-corrected chi connectivity index (χ2v) is 5.43. The normalized spacial score (nSPS) is 10.3. The molecule has 0 radical (unpaired) electrons. The van der Waals surface area contributed by atoms with E-state index in [0.717, 1.165) is 21.3 Å². The smallest absolute Gasteiger partial charge is 0.159 e. The Labute approximate surface area is 121 Å². The van der Waals surface area contributed by atoms with Gasteiger partial charge in [-0.2, -0.15) is 0 Å². The van der Waals surface area contributed by atoms with Crippen molar-refractivity contribution >= 4 is 21.7 Å². The Morgan fingerprint density at radius 3 is 2.42 bits per heavy atom. The van der Waals surface area contributed by atoms with Gasteiger partial charge in [0.2, 0.25) is 0 Å². The van der Waals surface area contributed by atoms with Crippen molar-refractivity contribution in [2.75, 3.05) is 0 Å². The molecule has 0 saturated heterocycles. The number of halogens is 1. The molecular formula is C16H15BrO2. The first-order valence-corrected chi connectivity index (χ1v) is 6.82. The number of carbonyl (C=O) groups is 1. The van der Waals surface area contributed by atoms with Crippen LogP contribution in [0.5, 0.6) is 11.5 Å². The first-order chi connectivity index (χ1) is 8.97. The molecule has 0 saturated carbocycles. The molecule has 2 rings (SSSR count). The van der Waals surface area contributed by atoms with Gasteiger partial charge in [0, 0.05) is 5.56 Å². The molecule has 3 heteroatoms. The molecular weight excluding hydrogens is 304 g/mol. The van der Waals surface area contributed by atoms with Gasteiger partial charge in [0.15, 0.2) is 5.78 Å². The summed E-state index contributed by atoms with van der Waals surface area (Å²) >= 11 is 3.44. The van der Waals surface area contributed by atoms with Crippen LogP contribution in [-0.2, 0) is 0 Å². The van der Waals surface area contributed by atoms with E-state index >= 15 is 0 Å². The Kier molecular flexibility index (Phi) is 4.05. The molecule has 0 amide bonds. The molecule has 0 atom stereocenters. The van der Waals surface area contributed by atoms with E-state index in [-0.39, 0.29) is 5.78 Å². The number of aryl methyl sites for hydroxylation is 2. The highest BCUT2D eigenvalue weighted by Crippen LogP contribution is 2.32. The molecule has 0 aliphatic carbocycles. The molecule has 2 aromatic carbocycles. The number of hydrogen-bond donors (Lipinski definition) is 0. The van der Waals surface area contributed by atoms with Gasteiger partial charge in [-0.25, -0.2) is 0 Å². The molecule has 2 aromatic rings. The Morgan fingerprint density at radius 1 is 1.05 bits per heavy atom. The van der Waals surface area contributed by atoms with E-state index in [1.807, 2.05) is 32.0 Å². The van der Waals surface area contributed by atoms with Gasteiger partial charge >= 0.3 is 0 Å². The van der Waals surface area contributed by atoms with E-state index in [9.17, 15) is 4.79 Å². The number of ether oxygens (including phenoxy) is 1. The van der Waals surface area contributed by atoms with Gasteiger partial charge in [-0.1, -0.05) is 12.1 Å². The Morgan fingerprint density at radius 2 is 1.79 bits per heavy atom. The first-order valence-electron chi connectivity index (χ1n) is 6.03. The summed E-state index contributed by atoms with van der Waals surface area (Å²) in [5.74, 6) is 1.58. The summed E-state index contributed by atoms with van der Waals surface area (Å²) < 4.78 is 6.68. The number of carbonyl (C=O) groups excluding carboxylic acids is 1. The molecule has 0 aromatic heterocycles. The van der Waals surface area contributed by atoms with Crippen molar-refractivity contribution in [1.29, 1.82) is 0 Å². The fourth-order valence-corrected chi connectivity index (χ4v) is 2.20. The Bertz CT molecular complexity index is 633. The lowest BCUT2D eigenvalue weighted by Gasteiger charge is -2.11. The zero-order chi connectivity index (χ0) is 14.0. The van der Waals surface area contributed by atoms with Crippen LogP contribution in [0.4, 0.5) is 0 Å². The van der Waals surface area contributed by atoms with E-state index in [2.05, 4.69) is 22.0 Å². The topological polar surface area (TPSA) is 26.3 Å². The molecule has 0 spiro atoms. The quantitative estimate of drug-likeness (QED) is 0.739. The van der Waals surface area contributed by atoms with Crippen molar-refractivity contribution in [2.24, 2.45) is 0 Å². The lowest BCUT2D eigenvalue weighted by atomic mass is 10.1. The van der Waals surface area contributed by atoms with Gasteiger partial charge in [0.1, 0.15) is 11.5 Å². The minimum Gasteiger partial charge on any atom is -0.456 e. The van der Waals surface area contributed by atoms with Crippen LogP contribution < -0.4 is 4.74 Å². The average molecular weight is 319 g/mol. The average Bonchev–Trinajstić information content (AvgIpc) is 2.36. The number of rotatable bonds is 3. The lowest BCUT2D eigenvalue weighted by Crippen LogP contribution is -1.94. The largest absolute Gasteiger partial charge is 0.456 e. The number of benzene rings is 2. The lowest BCUT2D eigenvalue weighted by molar-refractivity contribution is 0.101. The maximum atomic E-state index is 11.3. The third kappa shape index (κ3) is 3.24. The summed E-state index contributed by atoms with van der Waals surface area (Å²) in [4.78, 5) is 11.3. The second-order valence-electron chi connectivity index (χ2n) is 4.57. The van der Waals surface area contributed by atoms with Crippen molar-refractivity contribution in [2.45, 2.75) is 20.8 Å². The zero-order valence-electron chi connectivity index (χ0n) is 11.2. The van der Waals surface area contributed by atoms with Gasteiger partial charge in [0.25, 0.3) is 0 Å². The van der Waals surface area contributed by atoms with Crippen LogP contribution in [0.2, 0.25) is 0 Å². The van der Waals surface area contributed by atoms with Crippen LogP contribution in [0.25, 0.3) is 0 Å². The maximum absolute atomic E-state index is 11.3. The molecule has 2 nitrogen and oxygen atoms in total. The van der Waals surface area contributed by atoms with Gasteiger partial charge in [0.05, 0.1) is 4.47 Å². The molecule has 0 N–H and O–H groups in total. The van der Waals surface area contributed by atoms with Crippen molar-refractivity contribution in [3.63, 3.8) is 0 Å². The van der Waals surface area contributed by atoms with Gasteiger partial charge in [-0.15, -0.1) is 0 Å². The summed E-state index contributed by atoms with van der Waals surface area (Å²) in [6.07, 6.45) is 0.